The van der Waals surface area contributed by atoms with Gasteiger partial charge in [0.1, 0.15) is 19.6 Å². The van der Waals surface area contributed by atoms with E-state index >= 15 is 0 Å². The minimum atomic E-state index is -1.77. The molecular formula is C35H37N7O2Si. The number of amides is 2. The minimum absolute atomic E-state index is 0.365. The van der Waals surface area contributed by atoms with E-state index in [0.717, 1.165) is 39.1 Å². The molecule has 45 heavy (non-hydrogen) atoms. The van der Waals surface area contributed by atoms with Crippen molar-refractivity contribution < 1.29 is 9.53 Å². The first-order valence-corrected chi connectivity index (χ1v) is 18.2. The second-order valence-corrected chi connectivity index (χ2v) is 16.6. The number of aryl methyl sites for hydroxylation is 1. The predicted octanol–water partition coefficient (Wildman–Crippen LogP) is 7.20. The van der Waals surface area contributed by atoms with Crippen LogP contribution in [-0.4, -0.2) is 36.1 Å². The molecule has 0 saturated carbocycles. The SMILES string of the molecule is CC[Si](C)(C)c1cc(NC(=O)Nc2ccc(OC3(Nc4ccccc4)N=CC=CN3)c3ccccc23)n(-c2ccc(C)cc2)n1. The van der Waals surface area contributed by atoms with Crippen LogP contribution in [0.15, 0.2) is 114 Å². The van der Waals surface area contributed by atoms with E-state index in [0.29, 0.717) is 17.3 Å². The molecule has 2 amide bonds. The molecule has 228 valence electrons. The molecule has 9 nitrogen and oxygen atoms in total. The average molecular weight is 616 g/mol. The van der Waals surface area contributed by atoms with Crippen molar-refractivity contribution in [3.8, 4) is 11.4 Å². The maximum Gasteiger partial charge on any atom is 0.366 e. The predicted molar refractivity (Wildman–Crippen MR) is 187 cm³/mol. The Kier molecular flexibility index (Phi) is 8.14. The van der Waals surface area contributed by atoms with Crippen LogP contribution in [0.1, 0.15) is 12.5 Å². The monoisotopic (exact) mass is 615 g/mol. The number of benzene rings is 4. The number of para-hydroxylation sites is 1. The van der Waals surface area contributed by atoms with Crippen LogP contribution < -0.4 is 31.3 Å². The lowest BCUT2D eigenvalue weighted by Crippen LogP contribution is -2.54. The molecule has 1 aliphatic heterocycles. The molecule has 6 rings (SSSR count). The smallest absolute Gasteiger partial charge is 0.366 e. The number of rotatable bonds is 9. The highest BCUT2D eigenvalue weighted by atomic mass is 28.3. The van der Waals surface area contributed by atoms with E-state index in [9.17, 15) is 4.79 Å². The molecule has 4 aromatic carbocycles. The first-order chi connectivity index (χ1) is 21.7. The van der Waals surface area contributed by atoms with Gasteiger partial charge in [-0.05, 0) is 55.5 Å². The van der Waals surface area contributed by atoms with Crippen molar-refractivity contribution in [1.82, 2.24) is 15.1 Å². The lowest BCUT2D eigenvalue weighted by atomic mass is 10.1. The molecule has 1 aliphatic rings. The van der Waals surface area contributed by atoms with Crippen LogP contribution in [0.2, 0.25) is 19.1 Å². The van der Waals surface area contributed by atoms with Gasteiger partial charge in [-0.3, -0.25) is 5.32 Å². The molecule has 0 radical (unpaired) electrons. The largest absolute Gasteiger partial charge is 0.431 e. The van der Waals surface area contributed by atoms with Gasteiger partial charge >= 0.3 is 12.0 Å². The van der Waals surface area contributed by atoms with Crippen LogP contribution in [0, 0.1) is 6.92 Å². The molecular weight excluding hydrogens is 579 g/mol. The van der Waals surface area contributed by atoms with Crippen molar-refractivity contribution in [3.63, 3.8) is 0 Å². The number of nitrogens with zero attached hydrogens (tertiary/aromatic N) is 3. The molecule has 1 atom stereocenters. The molecule has 0 bridgehead atoms. The van der Waals surface area contributed by atoms with Gasteiger partial charge in [0.25, 0.3) is 0 Å². The van der Waals surface area contributed by atoms with E-state index in [1.165, 1.54) is 0 Å². The molecule has 0 fully saturated rings. The van der Waals surface area contributed by atoms with Crippen LogP contribution in [0.5, 0.6) is 5.75 Å². The summed E-state index contributed by atoms with van der Waals surface area (Å²) in [4.78, 5) is 18.1. The fourth-order valence-corrected chi connectivity index (χ4v) is 6.28. The Morgan fingerprint density at radius 3 is 2.38 bits per heavy atom. The van der Waals surface area contributed by atoms with Gasteiger partial charge in [0.05, 0.1) is 11.4 Å². The van der Waals surface area contributed by atoms with Crippen LogP contribution in [0.3, 0.4) is 0 Å². The molecule has 10 heteroatoms. The summed E-state index contributed by atoms with van der Waals surface area (Å²) in [7, 11) is -1.77. The number of aliphatic imine (C=N–C) groups is 1. The van der Waals surface area contributed by atoms with E-state index < -0.39 is 14.0 Å². The molecule has 5 aromatic rings. The van der Waals surface area contributed by atoms with Gasteiger partial charge in [-0.15, -0.1) is 0 Å². The molecule has 0 aliphatic carbocycles. The van der Waals surface area contributed by atoms with Crippen molar-refractivity contribution in [2.45, 2.75) is 39.0 Å². The summed E-state index contributed by atoms with van der Waals surface area (Å²) in [6.07, 6.45) is 5.27. The third-order valence-corrected chi connectivity index (χ3v) is 11.4. The van der Waals surface area contributed by atoms with Crippen LogP contribution in [0.4, 0.5) is 22.0 Å². The van der Waals surface area contributed by atoms with Crippen LogP contribution >= 0.6 is 0 Å². The summed E-state index contributed by atoms with van der Waals surface area (Å²) in [6, 6.07) is 32.0. The molecule has 4 N–H and O–H groups in total. The number of anilines is 3. The fraction of sp³-hybridized carbons (Fsp3) is 0.171. The number of fused-ring (bicyclic) bond motifs is 1. The van der Waals surface area contributed by atoms with Gasteiger partial charge in [0.2, 0.25) is 0 Å². The number of hydrogen-bond donors (Lipinski definition) is 4. The zero-order valence-corrected chi connectivity index (χ0v) is 26.8. The van der Waals surface area contributed by atoms with Gasteiger partial charge in [0, 0.05) is 34.2 Å². The average Bonchev–Trinajstić information content (AvgIpc) is 3.48. The van der Waals surface area contributed by atoms with Crippen LogP contribution in [0.25, 0.3) is 16.5 Å². The molecule has 1 unspecified atom stereocenters. The number of ether oxygens (including phenoxy) is 1. The van der Waals surface area contributed by atoms with Gasteiger partial charge in [-0.2, -0.15) is 5.10 Å². The maximum atomic E-state index is 13.5. The number of carbonyl (C=O) groups is 1. The Labute approximate surface area is 264 Å². The molecule has 2 heterocycles. The van der Waals surface area contributed by atoms with Gasteiger partial charge in [-0.1, -0.05) is 86.2 Å². The van der Waals surface area contributed by atoms with Crippen molar-refractivity contribution in [1.29, 1.82) is 0 Å². The number of nitrogens with one attached hydrogen (secondary N) is 4. The number of allylic oxidation sites excluding steroid dienone is 1. The first-order valence-electron chi connectivity index (χ1n) is 15.0. The minimum Gasteiger partial charge on any atom is -0.431 e. The topological polar surface area (TPSA) is 105 Å². The number of hydrogen-bond acceptors (Lipinski definition) is 6. The second-order valence-electron chi connectivity index (χ2n) is 11.7. The van der Waals surface area contributed by atoms with Gasteiger partial charge < -0.3 is 20.7 Å². The lowest BCUT2D eigenvalue weighted by Gasteiger charge is -2.33. The van der Waals surface area contributed by atoms with Crippen LogP contribution in [-0.2, 0) is 0 Å². The maximum absolute atomic E-state index is 13.5. The van der Waals surface area contributed by atoms with E-state index in [1.54, 1.807) is 18.5 Å². The molecule has 0 saturated heterocycles. The number of urea groups is 1. The van der Waals surface area contributed by atoms with E-state index in [-0.39, 0.29) is 6.03 Å². The Morgan fingerprint density at radius 2 is 1.67 bits per heavy atom. The van der Waals surface area contributed by atoms with Crippen molar-refractivity contribution in [2.75, 3.05) is 16.0 Å². The number of carbonyl (C=O) groups excluding carboxylic acids is 1. The van der Waals surface area contributed by atoms with E-state index in [1.807, 2.05) is 109 Å². The second kappa shape index (κ2) is 12.3. The van der Waals surface area contributed by atoms with E-state index in [2.05, 4.69) is 46.3 Å². The third kappa shape index (κ3) is 6.46. The first kappa shape index (κ1) is 29.7. The Morgan fingerprint density at radius 1 is 0.933 bits per heavy atom. The lowest BCUT2D eigenvalue weighted by molar-refractivity contribution is 0.0875. The Bertz CT molecular complexity index is 1880. The highest BCUT2D eigenvalue weighted by Gasteiger charge is 2.32. The molecule has 1 aromatic heterocycles. The van der Waals surface area contributed by atoms with Crippen molar-refractivity contribution in [2.24, 2.45) is 4.99 Å². The highest BCUT2D eigenvalue weighted by Crippen LogP contribution is 2.34. The number of aromatic nitrogens is 2. The zero-order valence-electron chi connectivity index (χ0n) is 25.8. The van der Waals surface area contributed by atoms with Crippen molar-refractivity contribution >= 4 is 53.6 Å². The summed E-state index contributed by atoms with van der Waals surface area (Å²) in [5.41, 5.74) is 3.53. The third-order valence-electron chi connectivity index (χ3n) is 8.00. The van der Waals surface area contributed by atoms with Gasteiger partial charge in [0.15, 0.2) is 0 Å². The van der Waals surface area contributed by atoms with E-state index in [4.69, 9.17) is 9.84 Å². The standard InChI is InChI=1S/C35H37N7O2Si/c1-5-45(3,4)33-24-32(42(41-33)27-18-16-25(2)17-19-27)39-34(43)38-30-20-21-31(29-15-10-9-14-28(29)30)44-35(36-22-11-23-37-35)40-26-12-7-6-8-13-26/h6-24,36,40H,5H2,1-4H3,(H2,38,39,43). The van der Waals surface area contributed by atoms with Gasteiger partial charge in [-0.25, -0.2) is 14.5 Å². The summed E-state index contributed by atoms with van der Waals surface area (Å²) < 4.78 is 8.35. The Balaban J connectivity index is 1.28. The molecule has 0 spiro atoms. The quantitative estimate of drug-likeness (QED) is 0.104. The Hall–Kier alpha value is -5.35. The summed E-state index contributed by atoms with van der Waals surface area (Å²) in [5.74, 6) is -0.0472. The fourth-order valence-electron chi connectivity index (χ4n) is 5.02. The summed E-state index contributed by atoms with van der Waals surface area (Å²) >= 11 is 0. The highest BCUT2D eigenvalue weighted by molar-refractivity contribution is 6.89. The normalized spacial score (nSPS) is 15.8. The summed E-state index contributed by atoms with van der Waals surface area (Å²) in [5, 5.41) is 20.3. The van der Waals surface area contributed by atoms with Crippen molar-refractivity contribution in [3.05, 3.63) is 115 Å². The zero-order chi connectivity index (χ0) is 31.4. The summed E-state index contributed by atoms with van der Waals surface area (Å²) in [6.45, 7) is 8.83.